The molecule has 70 valence electrons. The average molecular weight is 202 g/mol. The summed E-state index contributed by atoms with van der Waals surface area (Å²) in [5, 5.41) is 3.45. The Bertz CT molecular complexity index is 297. The predicted octanol–water partition coefficient (Wildman–Crippen LogP) is 2.20. The van der Waals surface area contributed by atoms with E-state index in [0.717, 1.165) is 0 Å². The van der Waals surface area contributed by atoms with E-state index in [2.05, 4.69) is 14.4 Å². The minimum absolute atomic E-state index is 0.176. The zero-order valence-electron chi connectivity index (χ0n) is 6.77. The number of carbonyl (C=O) groups is 1. The number of carbonyl (C=O) groups excluding carboxylic acids is 1. The summed E-state index contributed by atoms with van der Waals surface area (Å²) in [4.78, 5) is 11.2. The number of Topliss-reactive ketones (excluding diaryl/α,β-unsaturated/α-hetero) is 1. The summed E-state index contributed by atoms with van der Waals surface area (Å²) in [5.41, 5.74) is 0.199. The van der Waals surface area contributed by atoms with Gasteiger partial charge in [-0.1, -0.05) is 6.07 Å². The molecule has 1 aromatic heterocycles. The first-order valence-electron chi connectivity index (χ1n) is 3.67. The van der Waals surface area contributed by atoms with Crippen molar-refractivity contribution in [2.45, 2.75) is 6.42 Å². The second kappa shape index (κ2) is 5.37. The molecule has 5 heteroatoms. The molecule has 0 saturated carbocycles. The Morgan fingerprint density at radius 1 is 1.54 bits per heavy atom. The number of hydrogen-bond donors (Lipinski definition) is 0. The van der Waals surface area contributed by atoms with Crippen molar-refractivity contribution in [3.8, 4) is 0 Å². The fourth-order valence-electron chi connectivity index (χ4n) is 0.699. The van der Waals surface area contributed by atoms with Crippen LogP contribution in [0.2, 0.25) is 0 Å². The fourth-order valence-corrected chi connectivity index (χ4v) is 0.870. The van der Waals surface area contributed by atoms with Crippen molar-refractivity contribution in [2.75, 3.05) is 5.88 Å². The second-order valence-corrected chi connectivity index (χ2v) is 2.58. The highest BCUT2D eigenvalue weighted by Crippen LogP contribution is 1.98. The number of alkyl halides is 1. The van der Waals surface area contributed by atoms with Gasteiger partial charge >= 0.3 is 0 Å². The molecule has 0 spiro atoms. The fraction of sp³-hybridized carbons (Fsp3) is 0.250. The SMILES string of the molecule is O=C(CCCl)c1ccccoon1. The highest BCUT2D eigenvalue weighted by molar-refractivity contribution is 6.19. The molecule has 0 fully saturated rings. The van der Waals surface area contributed by atoms with Crippen molar-refractivity contribution in [3.05, 3.63) is 30.2 Å². The molecule has 0 aliphatic heterocycles. The third-order valence-electron chi connectivity index (χ3n) is 1.29. The molecule has 1 heterocycles. The Labute approximate surface area is 79.7 Å². The summed E-state index contributed by atoms with van der Waals surface area (Å²) < 4.78 is 8.77. The zero-order chi connectivity index (χ0) is 9.52. The van der Waals surface area contributed by atoms with E-state index < -0.39 is 0 Å². The van der Waals surface area contributed by atoms with Gasteiger partial charge in [0.25, 0.3) is 0 Å². The van der Waals surface area contributed by atoms with Crippen molar-refractivity contribution in [1.82, 2.24) is 5.16 Å². The van der Waals surface area contributed by atoms with Gasteiger partial charge in [-0.3, -0.25) is 9.37 Å². The Morgan fingerprint density at radius 3 is 3.15 bits per heavy atom. The largest absolute Gasteiger partial charge is 0.292 e. The summed E-state index contributed by atoms with van der Waals surface area (Å²) >= 11 is 5.40. The van der Waals surface area contributed by atoms with E-state index in [-0.39, 0.29) is 23.8 Å². The number of halogens is 1. The van der Waals surface area contributed by atoms with Crippen LogP contribution in [0.3, 0.4) is 0 Å². The van der Waals surface area contributed by atoms with Crippen LogP contribution in [0.1, 0.15) is 16.9 Å². The van der Waals surface area contributed by atoms with Gasteiger partial charge in [0.1, 0.15) is 6.26 Å². The average Bonchev–Trinajstić information content (AvgIpc) is 2.03. The summed E-state index contributed by atoms with van der Waals surface area (Å²) in [6.45, 7) is 0. The smallest absolute Gasteiger partial charge is 0.185 e. The normalized spacial score (nSPS) is 9.31. The van der Waals surface area contributed by atoms with Gasteiger partial charge in [0.2, 0.25) is 0 Å². The number of aromatic nitrogens is 1. The highest BCUT2D eigenvalue weighted by atomic mass is 35.5. The lowest BCUT2D eigenvalue weighted by atomic mass is 10.2. The Morgan fingerprint density at radius 2 is 2.38 bits per heavy atom. The zero-order valence-corrected chi connectivity index (χ0v) is 7.53. The lowest BCUT2D eigenvalue weighted by Crippen LogP contribution is -2.00. The third-order valence-corrected chi connectivity index (χ3v) is 1.47. The molecule has 1 rings (SSSR count). The quantitative estimate of drug-likeness (QED) is 0.427. The van der Waals surface area contributed by atoms with Gasteiger partial charge in [0, 0.05) is 12.3 Å². The monoisotopic (exact) mass is 201 g/mol. The summed E-state index contributed by atoms with van der Waals surface area (Å²) in [6.07, 6.45) is 1.54. The lowest BCUT2D eigenvalue weighted by molar-refractivity contribution is -0.0124. The first-order valence-corrected chi connectivity index (χ1v) is 4.21. The highest BCUT2D eigenvalue weighted by Gasteiger charge is 2.05. The summed E-state index contributed by atoms with van der Waals surface area (Å²) in [6, 6.07) is 4.75. The number of hydrogen-bond acceptors (Lipinski definition) is 4. The molecule has 0 atom stereocenters. The van der Waals surface area contributed by atoms with E-state index in [4.69, 9.17) is 11.6 Å². The molecule has 1 aromatic rings. The van der Waals surface area contributed by atoms with Crippen LogP contribution in [-0.4, -0.2) is 16.8 Å². The summed E-state index contributed by atoms with van der Waals surface area (Å²) in [7, 11) is 0. The molecule has 0 N–H and O–H groups in total. The van der Waals surface area contributed by atoms with Gasteiger partial charge < -0.3 is 0 Å². The van der Waals surface area contributed by atoms with Gasteiger partial charge in [0.05, 0.1) is 0 Å². The topological polar surface area (TPSA) is 56.2 Å². The first kappa shape index (κ1) is 9.80. The van der Waals surface area contributed by atoms with Crippen molar-refractivity contribution < 1.29 is 14.1 Å². The molecule has 0 saturated heterocycles. The Kier molecular flexibility index (Phi) is 4.05. The maximum atomic E-state index is 11.2. The van der Waals surface area contributed by atoms with Crippen molar-refractivity contribution in [1.29, 1.82) is 0 Å². The molecule has 0 radical (unpaired) electrons. The van der Waals surface area contributed by atoms with Crippen LogP contribution in [0.5, 0.6) is 0 Å². The van der Waals surface area contributed by atoms with Gasteiger partial charge in [-0.05, 0) is 17.3 Å². The molecule has 0 amide bonds. The molecule has 13 heavy (non-hydrogen) atoms. The van der Waals surface area contributed by atoms with Crippen LogP contribution >= 0.6 is 11.6 Å². The van der Waals surface area contributed by atoms with Crippen LogP contribution in [0.25, 0.3) is 0 Å². The second-order valence-electron chi connectivity index (χ2n) is 2.20. The van der Waals surface area contributed by atoms with Crippen molar-refractivity contribution >= 4 is 17.4 Å². The predicted molar refractivity (Wildman–Crippen MR) is 46.1 cm³/mol. The van der Waals surface area contributed by atoms with E-state index >= 15 is 0 Å². The molecule has 0 aromatic carbocycles. The Balaban J connectivity index is 2.89. The van der Waals surface area contributed by atoms with Crippen LogP contribution in [0.15, 0.2) is 33.7 Å². The minimum atomic E-state index is -0.176. The maximum Gasteiger partial charge on any atom is 0.185 e. The van der Waals surface area contributed by atoms with Gasteiger partial charge in [0.15, 0.2) is 11.5 Å². The maximum absolute atomic E-state index is 11.2. The van der Waals surface area contributed by atoms with E-state index in [9.17, 15) is 4.79 Å². The standard InChI is InChI=1S/C8H8ClNO3/c9-5-4-8(11)7-3-1-2-6-12-13-10-7/h1-3,6H,4-5H2. The number of ketones is 1. The molecule has 0 bridgehead atoms. The molecular formula is C8H8ClNO3. The van der Waals surface area contributed by atoms with Crippen LogP contribution in [0.4, 0.5) is 0 Å². The summed E-state index contributed by atoms with van der Waals surface area (Å²) in [5.74, 6) is 0.0905. The van der Waals surface area contributed by atoms with E-state index in [1.807, 2.05) is 0 Å². The van der Waals surface area contributed by atoms with Gasteiger partial charge in [-0.25, -0.2) is 0 Å². The first-order chi connectivity index (χ1) is 6.34. The van der Waals surface area contributed by atoms with Crippen LogP contribution in [-0.2, 0) is 0 Å². The van der Waals surface area contributed by atoms with Gasteiger partial charge in [-0.15, -0.1) is 11.6 Å². The van der Waals surface area contributed by atoms with Crippen molar-refractivity contribution in [3.63, 3.8) is 0 Å². The number of nitrogens with zero attached hydrogens (tertiary/aromatic N) is 1. The minimum Gasteiger partial charge on any atom is -0.292 e. The lowest BCUT2D eigenvalue weighted by Gasteiger charge is -1.91. The third kappa shape index (κ3) is 3.29. The number of rotatable bonds is 3. The Hall–Kier alpha value is -1.29. The van der Waals surface area contributed by atoms with E-state index in [0.29, 0.717) is 0 Å². The van der Waals surface area contributed by atoms with Crippen LogP contribution in [0, 0.1) is 0 Å². The molecule has 0 aliphatic rings. The van der Waals surface area contributed by atoms with Crippen LogP contribution < -0.4 is 0 Å². The van der Waals surface area contributed by atoms with Gasteiger partial charge in [-0.2, -0.15) is 4.68 Å². The van der Waals surface area contributed by atoms with E-state index in [1.54, 1.807) is 12.1 Å². The van der Waals surface area contributed by atoms with Crippen molar-refractivity contribution in [2.24, 2.45) is 0 Å². The molecule has 4 nitrogen and oxygen atoms in total. The molecule has 0 unspecified atom stereocenters. The molecule has 0 aliphatic carbocycles. The molecular weight excluding hydrogens is 194 g/mol. The van der Waals surface area contributed by atoms with E-state index in [1.165, 1.54) is 12.3 Å².